The van der Waals surface area contributed by atoms with Crippen molar-refractivity contribution >= 4 is 18.0 Å². The average molecular weight is 330 g/mol. The Morgan fingerprint density at radius 1 is 1.35 bits per heavy atom. The Morgan fingerprint density at radius 2 is 2.00 bits per heavy atom. The van der Waals surface area contributed by atoms with Crippen LogP contribution in [0.5, 0.6) is 0 Å². The Morgan fingerprint density at radius 3 is 2.52 bits per heavy atom. The molecule has 0 unspecified atom stereocenters. The van der Waals surface area contributed by atoms with Crippen LogP contribution in [0.15, 0.2) is 0 Å². The van der Waals surface area contributed by atoms with Crippen molar-refractivity contribution in [3.63, 3.8) is 0 Å². The highest BCUT2D eigenvalue weighted by Crippen LogP contribution is 2.20. The Kier molecular flexibility index (Phi) is 6.80. The molecule has 2 atom stereocenters. The van der Waals surface area contributed by atoms with E-state index in [0.29, 0.717) is 19.4 Å². The van der Waals surface area contributed by atoms with Crippen molar-refractivity contribution in [2.45, 2.75) is 57.7 Å². The van der Waals surface area contributed by atoms with Gasteiger partial charge >= 0.3 is 12.1 Å². The van der Waals surface area contributed by atoms with E-state index >= 15 is 0 Å². The standard InChI is InChI=1S/C15H26N2O6/c1-15(2,3)23-14(21)16-10(7-9-18)12(19)17-8-5-6-11(17)13(20)22-4/h10-11,18H,5-9H2,1-4H3,(H,16,21)/t10-,11+/m0/s1. The smallest absolute Gasteiger partial charge is 0.408 e. The van der Waals surface area contributed by atoms with Crippen LogP contribution in [0.3, 0.4) is 0 Å². The van der Waals surface area contributed by atoms with Gasteiger partial charge in [-0.25, -0.2) is 9.59 Å². The number of hydrogen-bond acceptors (Lipinski definition) is 6. The summed E-state index contributed by atoms with van der Waals surface area (Å²) in [6.07, 6.45) is 0.515. The SMILES string of the molecule is COC(=O)[C@H]1CCCN1C(=O)[C@H](CCO)NC(=O)OC(C)(C)C. The van der Waals surface area contributed by atoms with Crippen LogP contribution in [0.25, 0.3) is 0 Å². The summed E-state index contributed by atoms with van der Waals surface area (Å²) in [5, 5.41) is 11.6. The summed E-state index contributed by atoms with van der Waals surface area (Å²) in [4.78, 5) is 37.6. The molecule has 132 valence electrons. The molecular formula is C15H26N2O6. The van der Waals surface area contributed by atoms with Crippen molar-refractivity contribution in [3.8, 4) is 0 Å². The Labute approximate surface area is 136 Å². The van der Waals surface area contributed by atoms with Gasteiger partial charge in [0.2, 0.25) is 5.91 Å². The van der Waals surface area contributed by atoms with E-state index in [-0.39, 0.29) is 13.0 Å². The highest BCUT2D eigenvalue weighted by atomic mass is 16.6. The predicted molar refractivity (Wildman–Crippen MR) is 81.6 cm³/mol. The first kappa shape index (κ1) is 19.2. The number of hydrogen-bond donors (Lipinski definition) is 2. The Balaban J connectivity index is 2.77. The molecule has 0 radical (unpaired) electrons. The van der Waals surface area contributed by atoms with E-state index in [1.165, 1.54) is 12.0 Å². The van der Waals surface area contributed by atoms with Crippen molar-refractivity contribution in [1.29, 1.82) is 0 Å². The number of methoxy groups -OCH3 is 1. The topological polar surface area (TPSA) is 105 Å². The molecule has 1 aliphatic rings. The zero-order chi connectivity index (χ0) is 17.6. The summed E-state index contributed by atoms with van der Waals surface area (Å²) >= 11 is 0. The zero-order valence-corrected chi connectivity index (χ0v) is 14.1. The fourth-order valence-electron chi connectivity index (χ4n) is 2.45. The molecule has 1 fully saturated rings. The van der Waals surface area contributed by atoms with Crippen LogP contribution < -0.4 is 5.32 Å². The third kappa shape index (κ3) is 5.70. The fourth-order valence-corrected chi connectivity index (χ4v) is 2.45. The molecule has 0 saturated carbocycles. The first-order chi connectivity index (χ1) is 10.7. The maximum Gasteiger partial charge on any atom is 0.408 e. The van der Waals surface area contributed by atoms with E-state index in [0.717, 1.165) is 0 Å². The lowest BCUT2D eigenvalue weighted by Gasteiger charge is -2.28. The molecule has 1 heterocycles. The van der Waals surface area contributed by atoms with E-state index in [2.05, 4.69) is 5.32 Å². The minimum Gasteiger partial charge on any atom is -0.467 e. The number of aliphatic hydroxyl groups excluding tert-OH is 1. The monoisotopic (exact) mass is 330 g/mol. The highest BCUT2D eigenvalue weighted by molar-refractivity contribution is 5.90. The second kappa shape index (κ2) is 8.14. The van der Waals surface area contributed by atoms with Crippen molar-refractivity contribution in [2.75, 3.05) is 20.3 Å². The maximum atomic E-state index is 12.6. The van der Waals surface area contributed by atoms with E-state index in [9.17, 15) is 14.4 Å². The van der Waals surface area contributed by atoms with E-state index in [1.807, 2.05) is 0 Å². The number of amides is 2. The molecule has 23 heavy (non-hydrogen) atoms. The lowest BCUT2D eigenvalue weighted by molar-refractivity contribution is -0.151. The lowest BCUT2D eigenvalue weighted by Crippen LogP contribution is -2.52. The van der Waals surface area contributed by atoms with Gasteiger partial charge in [-0.3, -0.25) is 4.79 Å². The number of alkyl carbamates (subject to hydrolysis) is 1. The molecule has 1 aliphatic heterocycles. The van der Waals surface area contributed by atoms with Gasteiger partial charge in [-0.2, -0.15) is 0 Å². The van der Waals surface area contributed by atoms with Crippen molar-refractivity contribution in [3.05, 3.63) is 0 Å². The molecule has 0 aromatic carbocycles. The number of carbonyl (C=O) groups excluding carboxylic acids is 3. The molecule has 0 aliphatic carbocycles. The van der Waals surface area contributed by atoms with Crippen LogP contribution in [-0.4, -0.2) is 65.9 Å². The number of nitrogens with one attached hydrogen (secondary N) is 1. The Hall–Kier alpha value is -1.83. The van der Waals surface area contributed by atoms with Gasteiger partial charge < -0.3 is 24.8 Å². The molecular weight excluding hydrogens is 304 g/mol. The summed E-state index contributed by atoms with van der Waals surface area (Å²) in [5.74, 6) is -0.895. The van der Waals surface area contributed by atoms with Gasteiger partial charge in [-0.05, 0) is 40.0 Å². The van der Waals surface area contributed by atoms with Crippen LogP contribution >= 0.6 is 0 Å². The molecule has 2 N–H and O–H groups in total. The molecule has 1 rings (SSSR count). The molecule has 8 heteroatoms. The molecule has 8 nitrogen and oxygen atoms in total. The van der Waals surface area contributed by atoms with Gasteiger partial charge in [0, 0.05) is 13.2 Å². The van der Waals surface area contributed by atoms with Crippen molar-refractivity contribution < 1.29 is 29.0 Å². The third-order valence-electron chi connectivity index (χ3n) is 3.42. The first-order valence-corrected chi connectivity index (χ1v) is 7.68. The largest absolute Gasteiger partial charge is 0.467 e. The molecule has 0 bridgehead atoms. The Bertz CT molecular complexity index is 446. The molecule has 2 amide bonds. The van der Waals surface area contributed by atoms with Gasteiger partial charge in [0.05, 0.1) is 7.11 Å². The minimum absolute atomic E-state index is 0.0441. The van der Waals surface area contributed by atoms with E-state index in [1.54, 1.807) is 20.8 Å². The second-order valence-electron chi connectivity index (χ2n) is 6.42. The minimum atomic E-state index is -0.944. The van der Waals surface area contributed by atoms with Crippen LogP contribution in [-0.2, 0) is 19.1 Å². The van der Waals surface area contributed by atoms with Gasteiger partial charge in [-0.1, -0.05) is 0 Å². The third-order valence-corrected chi connectivity index (χ3v) is 3.42. The quantitative estimate of drug-likeness (QED) is 0.708. The van der Waals surface area contributed by atoms with Crippen molar-refractivity contribution in [1.82, 2.24) is 10.2 Å². The molecule has 1 saturated heterocycles. The number of ether oxygens (including phenoxy) is 2. The van der Waals surface area contributed by atoms with Gasteiger partial charge in [-0.15, -0.1) is 0 Å². The van der Waals surface area contributed by atoms with Crippen LogP contribution in [0.1, 0.15) is 40.0 Å². The van der Waals surface area contributed by atoms with Crippen LogP contribution in [0.4, 0.5) is 4.79 Å². The number of nitrogens with zero attached hydrogens (tertiary/aromatic N) is 1. The van der Waals surface area contributed by atoms with E-state index in [4.69, 9.17) is 14.6 Å². The highest BCUT2D eigenvalue weighted by Gasteiger charge is 2.38. The summed E-state index contributed by atoms with van der Waals surface area (Å²) in [6.45, 7) is 5.27. The van der Waals surface area contributed by atoms with Crippen molar-refractivity contribution in [2.24, 2.45) is 0 Å². The number of carbonyl (C=O) groups is 3. The summed E-state index contributed by atoms with van der Waals surface area (Å²) in [7, 11) is 1.27. The summed E-state index contributed by atoms with van der Waals surface area (Å²) in [5.41, 5.74) is -0.695. The molecule has 0 spiro atoms. The van der Waals surface area contributed by atoms with Gasteiger partial charge in [0.1, 0.15) is 17.7 Å². The summed E-state index contributed by atoms with van der Waals surface area (Å²) < 4.78 is 9.84. The average Bonchev–Trinajstić information content (AvgIpc) is 2.92. The predicted octanol–water partition coefficient (Wildman–Crippen LogP) is 0.426. The summed E-state index contributed by atoms with van der Waals surface area (Å²) in [6, 6.07) is -1.59. The number of rotatable bonds is 5. The second-order valence-corrected chi connectivity index (χ2v) is 6.42. The first-order valence-electron chi connectivity index (χ1n) is 7.68. The maximum absolute atomic E-state index is 12.6. The lowest BCUT2D eigenvalue weighted by atomic mass is 10.1. The number of likely N-dealkylation sites (tertiary alicyclic amines) is 1. The van der Waals surface area contributed by atoms with Crippen LogP contribution in [0.2, 0.25) is 0 Å². The van der Waals surface area contributed by atoms with E-state index < -0.39 is 35.7 Å². The normalized spacial score (nSPS) is 19.2. The molecule has 0 aromatic rings. The fraction of sp³-hybridized carbons (Fsp3) is 0.800. The van der Waals surface area contributed by atoms with Gasteiger partial charge in [0.25, 0.3) is 0 Å². The van der Waals surface area contributed by atoms with Gasteiger partial charge in [0.15, 0.2) is 0 Å². The van der Waals surface area contributed by atoms with Crippen LogP contribution in [0, 0.1) is 0 Å². The zero-order valence-electron chi connectivity index (χ0n) is 14.1. The number of esters is 1. The molecule has 0 aromatic heterocycles. The number of aliphatic hydroxyl groups is 1.